The lowest BCUT2D eigenvalue weighted by Gasteiger charge is -2.10. The molecule has 0 unspecified atom stereocenters. The molecule has 1 fully saturated rings. The lowest BCUT2D eigenvalue weighted by molar-refractivity contribution is 0.101. The molecule has 4 aromatic rings. The molecule has 5 rings (SSSR count). The van der Waals surface area contributed by atoms with Crippen LogP contribution < -0.4 is 10.6 Å². The zero-order valence-corrected chi connectivity index (χ0v) is 19.1. The molecule has 0 radical (unpaired) electrons. The predicted octanol–water partition coefficient (Wildman–Crippen LogP) is 5.73. The highest BCUT2D eigenvalue weighted by Gasteiger charge is 2.28. The minimum Gasteiger partial charge on any atom is -0.469 e. The number of anilines is 2. The van der Waals surface area contributed by atoms with E-state index < -0.39 is 11.7 Å². The smallest absolute Gasteiger partial charge is 0.266 e. The SMILES string of the molecule is Cc1occc1C(=O)Nc1cc(NC(=O)c2sc3nc(C4CC4)nc(C)c3c2C)ccc1F. The molecule has 0 aliphatic heterocycles. The van der Waals surface area contributed by atoms with Crippen LogP contribution in [0.1, 0.15) is 61.6 Å². The van der Waals surface area contributed by atoms with E-state index in [1.54, 1.807) is 6.92 Å². The first kappa shape index (κ1) is 21.3. The van der Waals surface area contributed by atoms with Crippen molar-refractivity contribution in [1.29, 1.82) is 0 Å². The molecular formula is C24H21FN4O3S. The van der Waals surface area contributed by atoms with E-state index in [0.29, 0.717) is 27.8 Å². The lowest BCUT2D eigenvalue weighted by atomic mass is 10.1. The monoisotopic (exact) mass is 464 g/mol. The van der Waals surface area contributed by atoms with Gasteiger partial charge in [-0.05, 0) is 63.4 Å². The molecule has 0 bridgehead atoms. The molecule has 1 aliphatic carbocycles. The van der Waals surface area contributed by atoms with Crippen LogP contribution in [0.2, 0.25) is 0 Å². The van der Waals surface area contributed by atoms with Crippen molar-refractivity contribution in [1.82, 2.24) is 9.97 Å². The molecule has 0 spiro atoms. The van der Waals surface area contributed by atoms with Crippen LogP contribution in [0.4, 0.5) is 15.8 Å². The maximum atomic E-state index is 14.3. The van der Waals surface area contributed by atoms with Crippen LogP contribution in [0.15, 0.2) is 34.9 Å². The van der Waals surface area contributed by atoms with Gasteiger partial charge in [-0.2, -0.15) is 0 Å². The molecule has 7 nitrogen and oxygen atoms in total. The van der Waals surface area contributed by atoms with Crippen molar-refractivity contribution in [2.24, 2.45) is 0 Å². The average Bonchev–Trinajstić information content (AvgIpc) is 3.45. The van der Waals surface area contributed by atoms with Crippen LogP contribution >= 0.6 is 11.3 Å². The van der Waals surface area contributed by atoms with Crippen molar-refractivity contribution < 1.29 is 18.4 Å². The van der Waals surface area contributed by atoms with Crippen molar-refractivity contribution in [3.05, 3.63) is 69.6 Å². The predicted molar refractivity (Wildman–Crippen MR) is 125 cm³/mol. The molecule has 3 heterocycles. The number of aryl methyl sites for hydroxylation is 3. The number of carbonyl (C=O) groups excluding carboxylic acids is 2. The van der Waals surface area contributed by atoms with E-state index in [0.717, 1.165) is 40.1 Å². The van der Waals surface area contributed by atoms with Gasteiger partial charge in [0.15, 0.2) is 0 Å². The standard InChI is InChI=1S/C24H21FN4O3S/c1-11-19-12(2)26-21(14-4-5-14)29-24(19)33-20(11)23(31)27-15-6-7-17(25)18(10-15)28-22(30)16-8-9-32-13(16)3/h6-10,14H,4-5H2,1-3H3,(H,27,31)(H,28,30). The Morgan fingerprint density at radius 3 is 2.58 bits per heavy atom. The maximum Gasteiger partial charge on any atom is 0.266 e. The van der Waals surface area contributed by atoms with Gasteiger partial charge in [0.05, 0.1) is 28.1 Å². The van der Waals surface area contributed by atoms with E-state index in [4.69, 9.17) is 4.42 Å². The van der Waals surface area contributed by atoms with Crippen molar-refractivity contribution in [2.45, 2.75) is 39.5 Å². The third-order valence-electron chi connectivity index (χ3n) is 5.71. The molecule has 33 heavy (non-hydrogen) atoms. The highest BCUT2D eigenvalue weighted by molar-refractivity contribution is 7.20. The number of carbonyl (C=O) groups is 2. The largest absolute Gasteiger partial charge is 0.469 e. The number of halogens is 1. The highest BCUT2D eigenvalue weighted by atomic mass is 32.1. The molecule has 1 aromatic carbocycles. The van der Waals surface area contributed by atoms with E-state index in [9.17, 15) is 14.0 Å². The first-order valence-corrected chi connectivity index (χ1v) is 11.4. The Labute approximate surface area is 193 Å². The summed E-state index contributed by atoms with van der Waals surface area (Å²) in [6.45, 7) is 5.47. The average molecular weight is 465 g/mol. The van der Waals surface area contributed by atoms with Gasteiger partial charge in [-0.25, -0.2) is 14.4 Å². The second kappa shape index (κ2) is 8.08. The Balaban J connectivity index is 1.40. The number of rotatable bonds is 5. The summed E-state index contributed by atoms with van der Waals surface area (Å²) in [4.78, 5) is 36.1. The van der Waals surface area contributed by atoms with Crippen LogP contribution in [-0.4, -0.2) is 21.8 Å². The molecule has 3 aromatic heterocycles. The molecule has 9 heteroatoms. The fourth-order valence-electron chi connectivity index (χ4n) is 3.80. The number of aromatic nitrogens is 2. The molecule has 168 valence electrons. The lowest BCUT2D eigenvalue weighted by Crippen LogP contribution is -2.15. The summed E-state index contributed by atoms with van der Waals surface area (Å²) in [5.41, 5.74) is 2.32. The first-order chi connectivity index (χ1) is 15.8. The second-order valence-electron chi connectivity index (χ2n) is 8.17. The van der Waals surface area contributed by atoms with Gasteiger partial charge < -0.3 is 15.1 Å². The van der Waals surface area contributed by atoms with Crippen LogP contribution in [0.25, 0.3) is 10.2 Å². The highest BCUT2D eigenvalue weighted by Crippen LogP contribution is 2.40. The van der Waals surface area contributed by atoms with Gasteiger partial charge in [0, 0.05) is 17.0 Å². The van der Waals surface area contributed by atoms with Gasteiger partial charge in [0.1, 0.15) is 22.2 Å². The molecular weight excluding hydrogens is 443 g/mol. The number of benzene rings is 1. The van der Waals surface area contributed by atoms with E-state index in [2.05, 4.69) is 20.6 Å². The summed E-state index contributed by atoms with van der Waals surface area (Å²) in [7, 11) is 0. The van der Waals surface area contributed by atoms with Crippen LogP contribution in [0.5, 0.6) is 0 Å². The van der Waals surface area contributed by atoms with Crippen LogP contribution in [0.3, 0.4) is 0 Å². The minimum absolute atomic E-state index is 0.0396. The summed E-state index contributed by atoms with van der Waals surface area (Å²) in [5, 5.41) is 6.23. The number of fused-ring (bicyclic) bond motifs is 1. The second-order valence-corrected chi connectivity index (χ2v) is 9.17. The Kier molecular flexibility index (Phi) is 5.20. The van der Waals surface area contributed by atoms with E-state index in [1.807, 2.05) is 13.8 Å². The third-order valence-corrected chi connectivity index (χ3v) is 6.90. The van der Waals surface area contributed by atoms with Crippen molar-refractivity contribution in [3.8, 4) is 0 Å². The molecule has 0 saturated heterocycles. The van der Waals surface area contributed by atoms with E-state index >= 15 is 0 Å². The zero-order chi connectivity index (χ0) is 23.3. The number of hydrogen-bond acceptors (Lipinski definition) is 6. The summed E-state index contributed by atoms with van der Waals surface area (Å²) in [6, 6.07) is 5.55. The molecule has 1 aliphatic rings. The van der Waals surface area contributed by atoms with Crippen molar-refractivity contribution in [3.63, 3.8) is 0 Å². The normalized spacial score (nSPS) is 13.3. The van der Waals surface area contributed by atoms with Crippen molar-refractivity contribution in [2.75, 3.05) is 10.6 Å². The Morgan fingerprint density at radius 1 is 1.09 bits per heavy atom. The Morgan fingerprint density at radius 2 is 1.88 bits per heavy atom. The van der Waals surface area contributed by atoms with Crippen LogP contribution in [-0.2, 0) is 0 Å². The third kappa shape index (κ3) is 4.00. The summed E-state index contributed by atoms with van der Waals surface area (Å²) < 4.78 is 19.5. The fourth-order valence-corrected chi connectivity index (χ4v) is 4.93. The van der Waals surface area contributed by atoms with E-state index in [-0.39, 0.29) is 11.6 Å². The van der Waals surface area contributed by atoms with Crippen molar-refractivity contribution >= 4 is 44.7 Å². The number of thiophene rings is 1. The zero-order valence-electron chi connectivity index (χ0n) is 18.3. The molecule has 2 N–H and O–H groups in total. The molecule has 0 atom stereocenters. The van der Waals surface area contributed by atoms with Gasteiger partial charge in [0.25, 0.3) is 11.8 Å². The summed E-state index contributed by atoms with van der Waals surface area (Å²) >= 11 is 1.33. The summed E-state index contributed by atoms with van der Waals surface area (Å²) in [6.07, 6.45) is 3.60. The topological polar surface area (TPSA) is 97.1 Å². The molecule has 2 amide bonds. The number of amides is 2. The van der Waals surface area contributed by atoms with Gasteiger partial charge in [-0.3, -0.25) is 9.59 Å². The number of hydrogen-bond donors (Lipinski definition) is 2. The van der Waals surface area contributed by atoms with Gasteiger partial charge in [0.2, 0.25) is 0 Å². The maximum absolute atomic E-state index is 14.3. The number of nitrogens with zero attached hydrogens (tertiary/aromatic N) is 2. The molecule has 1 saturated carbocycles. The van der Waals surface area contributed by atoms with Gasteiger partial charge in [-0.15, -0.1) is 11.3 Å². The minimum atomic E-state index is -0.612. The number of furan rings is 1. The van der Waals surface area contributed by atoms with Crippen LogP contribution in [0, 0.1) is 26.6 Å². The van der Waals surface area contributed by atoms with Gasteiger partial charge in [-0.1, -0.05) is 0 Å². The van der Waals surface area contributed by atoms with Gasteiger partial charge >= 0.3 is 0 Å². The van der Waals surface area contributed by atoms with E-state index in [1.165, 1.54) is 41.9 Å². The quantitative estimate of drug-likeness (QED) is 0.393. The number of nitrogens with one attached hydrogen (secondary N) is 2. The Hall–Kier alpha value is -3.59. The Bertz CT molecular complexity index is 1420. The first-order valence-electron chi connectivity index (χ1n) is 10.6. The fraction of sp³-hybridized carbons (Fsp3) is 0.250. The summed E-state index contributed by atoms with van der Waals surface area (Å²) in [5.74, 6) is 0.272.